The number of nitrogens with two attached hydrogens (primary N) is 1. The Morgan fingerprint density at radius 3 is 2.58 bits per heavy atom. The molecule has 19 heavy (non-hydrogen) atoms. The van der Waals surface area contributed by atoms with E-state index in [2.05, 4.69) is 46.2 Å². The standard InChI is InChI=1S/C15H25BrN2S/c1-3-11-4-6-12(7-5-11)18(2)14(10-17)15-13(16)8-9-19-15/h8-9,11-12,14H,3-7,10,17H2,1-2H3. The molecule has 0 aliphatic heterocycles. The van der Waals surface area contributed by atoms with Gasteiger partial charge >= 0.3 is 0 Å². The van der Waals surface area contributed by atoms with Crippen LogP contribution in [0.3, 0.4) is 0 Å². The summed E-state index contributed by atoms with van der Waals surface area (Å²) in [6.45, 7) is 3.02. The first-order valence-electron chi connectivity index (χ1n) is 7.32. The minimum Gasteiger partial charge on any atom is -0.329 e. The van der Waals surface area contributed by atoms with E-state index in [1.54, 1.807) is 0 Å². The van der Waals surface area contributed by atoms with Gasteiger partial charge in [0.15, 0.2) is 0 Å². The van der Waals surface area contributed by atoms with Gasteiger partial charge in [0.25, 0.3) is 0 Å². The minimum absolute atomic E-state index is 0.359. The second-order valence-electron chi connectivity index (χ2n) is 5.63. The van der Waals surface area contributed by atoms with E-state index < -0.39 is 0 Å². The monoisotopic (exact) mass is 344 g/mol. The van der Waals surface area contributed by atoms with Gasteiger partial charge in [0.1, 0.15) is 0 Å². The van der Waals surface area contributed by atoms with Gasteiger partial charge in [-0.05, 0) is 66.0 Å². The molecule has 0 bridgehead atoms. The van der Waals surface area contributed by atoms with Gasteiger partial charge in [-0.2, -0.15) is 0 Å². The zero-order valence-corrected chi connectivity index (χ0v) is 14.3. The Labute approximate surface area is 129 Å². The average molecular weight is 345 g/mol. The van der Waals surface area contributed by atoms with E-state index in [0.29, 0.717) is 18.6 Å². The lowest BCUT2D eigenvalue weighted by Crippen LogP contribution is -2.40. The highest BCUT2D eigenvalue weighted by Gasteiger charge is 2.28. The Kier molecular flexibility index (Phi) is 5.87. The molecule has 4 heteroatoms. The maximum atomic E-state index is 6.04. The van der Waals surface area contributed by atoms with E-state index in [4.69, 9.17) is 5.73 Å². The first-order chi connectivity index (χ1) is 9.17. The second kappa shape index (κ2) is 7.21. The zero-order valence-electron chi connectivity index (χ0n) is 11.9. The lowest BCUT2D eigenvalue weighted by atomic mass is 9.83. The van der Waals surface area contributed by atoms with Gasteiger partial charge in [0.2, 0.25) is 0 Å². The molecule has 0 saturated heterocycles. The Balaban J connectivity index is 2.02. The summed E-state index contributed by atoms with van der Waals surface area (Å²) in [4.78, 5) is 3.89. The molecule has 1 aromatic heterocycles. The normalized spacial score (nSPS) is 25.7. The van der Waals surface area contributed by atoms with Gasteiger partial charge < -0.3 is 5.73 Å². The summed E-state index contributed by atoms with van der Waals surface area (Å²) in [7, 11) is 2.25. The van der Waals surface area contributed by atoms with Gasteiger partial charge in [-0.25, -0.2) is 0 Å². The summed E-state index contributed by atoms with van der Waals surface area (Å²) in [5.41, 5.74) is 6.04. The number of hydrogen-bond acceptors (Lipinski definition) is 3. The first-order valence-corrected chi connectivity index (χ1v) is 8.99. The van der Waals surface area contributed by atoms with Crippen LogP contribution < -0.4 is 5.73 Å². The fourth-order valence-electron chi connectivity index (χ4n) is 3.22. The molecule has 1 heterocycles. The maximum Gasteiger partial charge on any atom is 0.0575 e. The fourth-order valence-corrected chi connectivity index (χ4v) is 5.02. The van der Waals surface area contributed by atoms with Crippen LogP contribution in [-0.2, 0) is 0 Å². The molecule has 1 aliphatic carbocycles. The first kappa shape index (κ1) is 15.5. The van der Waals surface area contributed by atoms with E-state index in [0.717, 1.165) is 5.92 Å². The van der Waals surface area contributed by atoms with Crippen molar-refractivity contribution in [3.63, 3.8) is 0 Å². The molecule has 1 aliphatic rings. The minimum atomic E-state index is 0.359. The summed E-state index contributed by atoms with van der Waals surface area (Å²) in [5.74, 6) is 0.953. The van der Waals surface area contributed by atoms with Gasteiger partial charge in [0.05, 0.1) is 6.04 Å². The average Bonchev–Trinajstić information content (AvgIpc) is 2.86. The van der Waals surface area contributed by atoms with Crippen LogP contribution in [0.15, 0.2) is 15.9 Å². The molecule has 2 rings (SSSR count). The third kappa shape index (κ3) is 3.60. The lowest BCUT2D eigenvalue weighted by Gasteiger charge is -2.38. The quantitative estimate of drug-likeness (QED) is 0.856. The highest BCUT2D eigenvalue weighted by Crippen LogP contribution is 2.36. The molecule has 1 unspecified atom stereocenters. The predicted octanol–water partition coefficient (Wildman–Crippen LogP) is 4.41. The van der Waals surface area contributed by atoms with Crippen LogP contribution in [0.4, 0.5) is 0 Å². The third-order valence-electron chi connectivity index (χ3n) is 4.63. The number of halogens is 1. The van der Waals surface area contributed by atoms with Crippen molar-refractivity contribution in [3.8, 4) is 0 Å². The topological polar surface area (TPSA) is 29.3 Å². The van der Waals surface area contributed by atoms with Crippen molar-refractivity contribution in [3.05, 3.63) is 20.8 Å². The van der Waals surface area contributed by atoms with E-state index >= 15 is 0 Å². The third-order valence-corrected chi connectivity index (χ3v) is 6.60. The fraction of sp³-hybridized carbons (Fsp3) is 0.733. The number of rotatable bonds is 5. The van der Waals surface area contributed by atoms with Crippen LogP contribution in [0.5, 0.6) is 0 Å². The summed E-state index contributed by atoms with van der Waals surface area (Å²) in [6.07, 6.45) is 6.76. The van der Waals surface area contributed by atoms with E-state index in [1.165, 1.54) is 41.5 Å². The number of thiophene rings is 1. The molecule has 0 aromatic carbocycles. The Morgan fingerprint density at radius 1 is 1.42 bits per heavy atom. The van der Waals surface area contributed by atoms with Crippen LogP contribution in [-0.4, -0.2) is 24.5 Å². The highest BCUT2D eigenvalue weighted by molar-refractivity contribution is 9.10. The Bertz CT molecular complexity index is 385. The number of nitrogens with zero attached hydrogens (tertiary/aromatic N) is 1. The second-order valence-corrected chi connectivity index (χ2v) is 7.43. The summed E-state index contributed by atoms with van der Waals surface area (Å²) >= 11 is 5.46. The largest absolute Gasteiger partial charge is 0.329 e. The molecule has 108 valence electrons. The van der Waals surface area contributed by atoms with Crippen LogP contribution in [0.25, 0.3) is 0 Å². The van der Waals surface area contributed by atoms with Crippen molar-refractivity contribution in [2.75, 3.05) is 13.6 Å². The smallest absolute Gasteiger partial charge is 0.0575 e. The van der Waals surface area contributed by atoms with Gasteiger partial charge in [-0.15, -0.1) is 11.3 Å². The predicted molar refractivity (Wildman–Crippen MR) is 87.6 cm³/mol. The Morgan fingerprint density at radius 2 is 2.11 bits per heavy atom. The molecule has 1 atom stereocenters. The molecule has 0 spiro atoms. The van der Waals surface area contributed by atoms with E-state index in [1.807, 2.05) is 11.3 Å². The van der Waals surface area contributed by atoms with Crippen molar-refractivity contribution in [2.24, 2.45) is 11.7 Å². The zero-order chi connectivity index (χ0) is 13.8. The number of likely N-dealkylation sites (N-methyl/N-ethyl adjacent to an activating group) is 1. The van der Waals surface area contributed by atoms with Gasteiger partial charge in [0, 0.05) is 21.9 Å². The van der Waals surface area contributed by atoms with Gasteiger partial charge in [-0.1, -0.05) is 13.3 Å². The summed E-state index contributed by atoms with van der Waals surface area (Å²) < 4.78 is 1.21. The molecular formula is C15H25BrN2S. The molecule has 2 nitrogen and oxygen atoms in total. The van der Waals surface area contributed by atoms with Crippen LogP contribution in [0.2, 0.25) is 0 Å². The lowest BCUT2D eigenvalue weighted by molar-refractivity contribution is 0.123. The van der Waals surface area contributed by atoms with Crippen LogP contribution in [0.1, 0.15) is 49.9 Å². The SMILES string of the molecule is CCC1CCC(N(C)C(CN)c2sccc2Br)CC1. The Hall–Kier alpha value is 0.100. The van der Waals surface area contributed by atoms with Crippen LogP contribution in [0, 0.1) is 5.92 Å². The highest BCUT2D eigenvalue weighted by atomic mass is 79.9. The van der Waals surface area contributed by atoms with Crippen LogP contribution >= 0.6 is 27.3 Å². The molecule has 1 saturated carbocycles. The van der Waals surface area contributed by atoms with E-state index in [9.17, 15) is 0 Å². The summed E-state index contributed by atoms with van der Waals surface area (Å²) in [5, 5.41) is 2.14. The van der Waals surface area contributed by atoms with Crippen molar-refractivity contribution in [2.45, 2.75) is 51.1 Å². The summed E-state index contributed by atoms with van der Waals surface area (Å²) in [6, 6.07) is 3.19. The molecule has 1 aromatic rings. The molecule has 2 N–H and O–H groups in total. The number of hydrogen-bond donors (Lipinski definition) is 1. The van der Waals surface area contributed by atoms with Crippen molar-refractivity contribution < 1.29 is 0 Å². The van der Waals surface area contributed by atoms with Gasteiger partial charge in [-0.3, -0.25) is 4.90 Å². The molecular weight excluding hydrogens is 320 g/mol. The van der Waals surface area contributed by atoms with E-state index in [-0.39, 0.29) is 0 Å². The molecule has 1 fully saturated rings. The maximum absolute atomic E-state index is 6.04. The van der Waals surface area contributed by atoms with Crippen molar-refractivity contribution in [1.82, 2.24) is 4.90 Å². The van der Waals surface area contributed by atoms with Crippen molar-refractivity contribution >= 4 is 27.3 Å². The van der Waals surface area contributed by atoms with Crippen molar-refractivity contribution in [1.29, 1.82) is 0 Å². The molecule has 0 radical (unpaired) electrons. The molecule has 0 amide bonds.